The molecule has 1 aromatic heterocycles. The minimum absolute atomic E-state index is 0.107. The molecule has 0 saturated carbocycles. The molecule has 4 aromatic rings. The van der Waals surface area contributed by atoms with Crippen molar-refractivity contribution in [2.75, 3.05) is 6.61 Å². The molecule has 0 unspecified atom stereocenters. The molecule has 0 bridgehead atoms. The van der Waals surface area contributed by atoms with Crippen LogP contribution in [0.25, 0.3) is 6.08 Å². The number of hydrogen-bond donors (Lipinski definition) is 0. The maximum atomic E-state index is 14.0. The van der Waals surface area contributed by atoms with Gasteiger partial charge in [-0.15, -0.1) is 0 Å². The molecule has 7 nitrogen and oxygen atoms in total. The van der Waals surface area contributed by atoms with Crippen molar-refractivity contribution in [2.45, 2.75) is 46.4 Å². The van der Waals surface area contributed by atoms with E-state index < -0.39 is 12.0 Å². The third kappa shape index (κ3) is 6.79. The van der Waals surface area contributed by atoms with Crippen molar-refractivity contribution in [3.63, 3.8) is 0 Å². The lowest BCUT2D eigenvalue weighted by Crippen LogP contribution is -2.40. The number of rotatable bonds is 9. The van der Waals surface area contributed by atoms with Gasteiger partial charge in [0.25, 0.3) is 5.56 Å². The Hall–Kier alpha value is -3.66. The Morgan fingerprint density at radius 1 is 1.12 bits per heavy atom. The predicted octanol–water partition coefficient (Wildman–Crippen LogP) is 6.58. The quantitative estimate of drug-likeness (QED) is 0.187. The molecule has 0 spiro atoms. The van der Waals surface area contributed by atoms with Gasteiger partial charge in [-0.2, -0.15) is 0 Å². The van der Waals surface area contributed by atoms with E-state index in [0.29, 0.717) is 49.3 Å². The fraction of sp³-hybridized carbons (Fsp3) is 0.242. The number of esters is 1. The van der Waals surface area contributed by atoms with Gasteiger partial charge in [0, 0.05) is 10.6 Å². The van der Waals surface area contributed by atoms with Gasteiger partial charge < -0.3 is 14.2 Å². The molecule has 0 saturated heterocycles. The summed E-state index contributed by atoms with van der Waals surface area (Å²) in [4.78, 5) is 32.4. The van der Waals surface area contributed by atoms with Crippen molar-refractivity contribution in [2.24, 2.45) is 4.99 Å². The fourth-order valence-corrected chi connectivity index (χ4v) is 6.59. The normalized spacial score (nSPS) is 14.9. The Labute approximate surface area is 266 Å². The number of thiazole rings is 1. The molecule has 2 heterocycles. The molecule has 10 heteroatoms. The molecule has 5 rings (SSSR count). The Kier molecular flexibility index (Phi) is 9.54. The van der Waals surface area contributed by atoms with E-state index in [0.717, 1.165) is 15.6 Å². The minimum atomic E-state index is -0.763. The summed E-state index contributed by atoms with van der Waals surface area (Å²) in [6.07, 6.45) is 1.70. The van der Waals surface area contributed by atoms with E-state index in [2.05, 4.69) is 20.9 Å². The highest BCUT2D eigenvalue weighted by Crippen LogP contribution is 2.36. The van der Waals surface area contributed by atoms with Crippen molar-refractivity contribution in [1.82, 2.24) is 4.57 Å². The van der Waals surface area contributed by atoms with Gasteiger partial charge in [-0.05, 0) is 91.2 Å². The molecule has 222 valence electrons. The second kappa shape index (κ2) is 13.3. The maximum absolute atomic E-state index is 14.0. The molecule has 43 heavy (non-hydrogen) atoms. The van der Waals surface area contributed by atoms with Crippen LogP contribution in [0.2, 0.25) is 5.02 Å². The summed E-state index contributed by atoms with van der Waals surface area (Å²) in [5, 5.41) is 0.653. The van der Waals surface area contributed by atoms with Gasteiger partial charge in [-0.25, -0.2) is 9.79 Å². The number of carbonyl (C=O) groups is 1. The van der Waals surface area contributed by atoms with Gasteiger partial charge in [-0.3, -0.25) is 9.36 Å². The zero-order chi connectivity index (χ0) is 30.7. The van der Waals surface area contributed by atoms with Crippen LogP contribution in [0.5, 0.6) is 11.5 Å². The van der Waals surface area contributed by atoms with Crippen molar-refractivity contribution >= 4 is 50.9 Å². The van der Waals surface area contributed by atoms with E-state index in [-0.39, 0.29) is 18.3 Å². The molecule has 1 atom stereocenters. The molecule has 0 fully saturated rings. The monoisotopic (exact) mass is 680 g/mol. The first-order valence-corrected chi connectivity index (χ1v) is 15.8. The summed E-state index contributed by atoms with van der Waals surface area (Å²) in [5.41, 5.74) is 2.99. The Morgan fingerprint density at radius 3 is 2.63 bits per heavy atom. The van der Waals surface area contributed by atoms with Gasteiger partial charge in [0.1, 0.15) is 24.1 Å². The maximum Gasteiger partial charge on any atom is 0.338 e. The van der Waals surface area contributed by atoms with E-state index in [1.807, 2.05) is 86.7 Å². The molecular weight excluding hydrogens is 652 g/mol. The molecule has 1 aliphatic heterocycles. The minimum Gasteiger partial charge on any atom is -0.491 e. The second-order valence-corrected chi connectivity index (χ2v) is 12.4. The molecule has 0 amide bonds. The number of hydrogen-bond acceptors (Lipinski definition) is 7. The molecule has 1 aliphatic rings. The van der Waals surface area contributed by atoms with Crippen molar-refractivity contribution in [1.29, 1.82) is 0 Å². The molecule has 0 radical (unpaired) electrons. The van der Waals surface area contributed by atoms with Crippen LogP contribution in [-0.2, 0) is 16.1 Å². The zero-order valence-electron chi connectivity index (χ0n) is 24.1. The van der Waals surface area contributed by atoms with Crippen LogP contribution < -0.4 is 24.4 Å². The molecule has 0 aliphatic carbocycles. The lowest BCUT2D eigenvalue weighted by molar-refractivity contribution is -0.139. The van der Waals surface area contributed by atoms with Crippen molar-refractivity contribution < 1.29 is 19.0 Å². The zero-order valence-corrected chi connectivity index (χ0v) is 27.3. The number of ether oxygens (including phenoxy) is 3. The number of para-hydroxylation sites is 1. The van der Waals surface area contributed by atoms with E-state index >= 15 is 0 Å². The first-order chi connectivity index (χ1) is 20.7. The van der Waals surface area contributed by atoms with Gasteiger partial charge >= 0.3 is 5.97 Å². The topological polar surface area (TPSA) is 79.1 Å². The number of halogens is 2. The summed E-state index contributed by atoms with van der Waals surface area (Å²) in [6.45, 7) is 7.94. The van der Waals surface area contributed by atoms with Crippen LogP contribution >= 0.6 is 38.9 Å². The number of nitrogens with zero attached hydrogens (tertiary/aromatic N) is 2. The Bertz CT molecular complexity index is 1900. The smallest absolute Gasteiger partial charge is 0.338 e. The number of allylic oxidation sites excluding steroid dienone is 1. The predicted molar refractivity (Wildman–Crippen MR) is 173 cm³/mol. The number of fused-ring (bicyclic) bond motifs is 1. The SMILES string of the molecule is CCOC(=O)C1=C(C)N=c2s/c(=C\c3ccc(OCc4cccc(Cl)c4)c(Br)c3)c(=O)n2[C@H]1c1ccccc1OC(C)C. The highest BCUT2D eigenvalue weighted by molar-refractivity contribution is 9.10. The molecule has 3 aromatic carbocycles. The molecular formula is C33H30BrClN2O5S. The number of aromatic nitrogens is 1. The van der Waals surface area contributed by atoms with Gasteiger partial charge in [-0.1, -0.05) is 59.3 Å². The van der Waals surface area contributed by atoms with Crippen LogP contribution in [0, 0.1) is 0 Å². The van der Waals surface area contributed by atoms with E-state index in [4.69, 9.17) is 25.8 Å². The third-order valence-electron chi connectivity index (χ3n) is 6.63. The van der Waals surface area contributed by atoms with Gasteiger partial charge in [0.2, 0.25) is 0 Å². The first kappa shape index (κ1) is 30.8. The van der Waals surface area contributed by atoms with Crippen LogP contribution in [0.1, 0.15) is 50.4 Å². The summed E-state index contributed by atoms with van der Waals surface area (Å²) in [7, 11) is 0. The van der Waals surface area contributed by atoms with E-state index in [1.165, 1.54) is 11.3 Å². The second-order valence-electron chi connectivity index (χ2n) is 10.1. The van der Waals surface area contributed by atoms with Crippen LogP contribution in [0.3, 0.4) is 0 Å². The average molecular weight is 682 g/mol. The number of carbonyl (C=O) groups excluding carboxylic acids is 1. The summed E-state index contributed by atoms with van der Waals surface area (Å²) in [5.74, 6) is 0.737. The molecule has 0 N–H and O–H groups in total. The summed E-state index contributed by atoms with van der Waals surface area (Å²) < 4.78 is 20.3. The number of benzene rings is 3. The first-order valence-electron chi connectivity index (χ1n) is 13.8. The van der Waals surface area contributed by atoms with Gasteiger partial charge in [0.05, 0.1) is 33.0 Å². The fourth-order valence-electron chi connectivity index (χ4n) is 4.82. The van der Waals surface area contributed by atoms with Crippen molar-refractivity contribution in [3.05, 3.63) is 124 Å². The van der Waals surface area contributed by atoms with E-state index in [9.17, 15) is 9.59 Å². The van der Waals surface area contributed by atoms with Gasteiger partial charge in [0.15, 0.2) is 4.80 Å². The van der Waals surface area contributed by atoms with Crippen molar-refractivity contribution in [3.8, 4) is 11.5 Å². The highest BCUT2D eigenvalue weighted by atomic mass is 79.9. The lowest BCUT2D eigenvalue weighted by atomic mass is 9.95. The lowest BCUT2D eigenvalue weighted by Gasteiger charge is -2.26. The third-order valence-corrected chi connectivity index (χ3v) is 8.47. The summed E-state index contributed by atoms with van der Waals surface area (Å²) in [6, 6.07) is 19.8. The summed E-state index contributed by atoms with van der Waals surface area (Å²) >= 11 is 11.0. The largest absolute Gasteiger partial charge is 0.491 e. The standard InChI is InChI=1S/C33H30BrClN2O5S/c1-5-40-32(39)29-20(4)36-33-37(30(29)24-11-6-7-12-26(24)42-19(2)3)31(38)28(43-33)17-21-13-14-27(25(34)16-21)41-18-22-9-8-10-23(35)15-22/h6-17,19,30H,5,18H2,1-4H3/b28-17-/t30-/m0/s1. The van der Waals surface area contributed by atoms with Crippen LogP contribution in [0.15, 0.2) is 92.3 Å². The average Bonchev–Trinajstić information content (AvgIpc) is 3.26. The van der Waals surface area contributed by atoms with Crippen LogP contribution in [0.4, 0.5) is 0 Å². The van der Waals surface area contributed by atoms with E-state index in [1.54, 1.807) is 18.4 Å². The van der Waals surface area contributed by atoms with Crippen LogP contribution in [-0.4, -0.2) is 23.2 Å². The highest BCUT2D eigenvalue weighted by Gasteiger charge is 2.35. The Balaban J connectivity index is 1.56. The Morgan fingerprint density at radius 2 is 1.91 bits per heavy atom.